The normalized spacial score (nSPS) is 11.2. The van der Waals surface area contributed by atoms with Gasteiger partial charge in [0.15, 0.2) is 5.16 Å². The maximum atomic E-state index is 13.4. The van der Waals surface area contributed by atoms with Crippen LogP contribution in [0.2, 0.25) is 10.0 Å². The lowest BCUT2D eigenvalue weighted by Crippen LogP contribution is -2.22. The van der Waals surface area contributed by atoms with Gasteiger partial charge in [-0.1, -0.05) is 70.9 Å². The van der Waals surface area contributed by atoms with Crippen LogP contribution in [0.25, 0.3) is 16.6 Å². The highest BCUT2D eigenvalue weighted by Gasteiger charge is 2.16. The summed E-state index contributed by atoms with van der Waals surface area (Å²) in [5.41, 5.74) is 4.65. The Morgan fingerprint density at radius 1 is 1.00 bits per heavy atom. The number of hydrogen-bond donors (Lipinski definition) is 0. The number of aromatic nitrogens is 2. The minimum absolute atomic E-state index is 0.164. The van der Waals surface area contributed by atoms with Gasteiger partial charge in [0, 0.05) is 10.8 Å². The molecule has 0 aliphatic heterocycles. The van der Waals surface area contributed by atoms with E-state index in [1.165, 1.54) is 28.5 Å². The van der Waals surface area contributed by atoms with Crippen molar-refractivity contribution in [1.82, 2.24) is 9.55 Å². The van der Waals surface area contributed by atoms with Crippen molar-refractivity contribution in [1.29, 1.82) is 0 Å². The zero-order valence-corrected chi connectivity index (χ0v) is 18.3. The van der Waals surface area contributed by atoms with Gasteiger partial charge in [0.25, 0.3) is 5.56 Å². The molecule has 0 spiro atoms. The first-order valence-corrected chi connectivity index (χ1v) is 10.8. The average molecular weight is 441 g/mol. The Morgan fingerprint density at radius 3 is 2.62 bits per heavy atom. The second kappa shape index (κ2) is 8.23. The molecular formula is C23H18Cl2N2OS. The largest absolute Gasteiger partial charge is 0.268 e. The van der Waals surface area contributed by atoms with E-state index in [0.29, 0.717) is 37.5 Å². The van der Waals surface area contributed by atoms with E-state index in [2.05, 4.69) is 32.0 Å². The molecule has 146 valence electrons. The van der Waals surface area contributed by atoms with E-state index < -0.39 is 0 Å². The quantitative estimate of drug-likeness (QED) is 0.264. The molecule has 0 N–H and O–H groups in total. The maximum absolute atomic E-state index is 13.4. The van der Waals surface area contributed by atoms with E-state index in [4.69, 9.17) is 28.2 Å². The van der Waals surface area contributed by atoms with Crippen molar-refractivity contribution < 1.29 is 0 Å². The summed E-state index contributed by atoms with van der Waals surface area (Å²) in [5.74, 6) is 0.691. The van der Waals surface area contributed by atoms with Crippen molar-refractivity contribution in [2.75, 3.05) is 0 Å². The molecule has 3 nitrogen and oxygen atoms in total. The standard InChI is InChI=1S/C23H18Cl2N2OS/c1-14-7-8-15(2)16(11-14)13-29-23-26-20-6-4-3-5-18(20)22(28)27(23)21-12-17(24)9-10-19(21)25/h3-12H,13H2,1-2H3. The molecule has 4 rings (SSSR count). The molecule has 1 aromatic heterocycles. The lowest BCUT2D eigenvalue weighted by Gasteiger charge is -2.15. The molecular weight excluding hydrogens is 423 g/mol. The van der Waals surface area contributed by atoms with Gasteiger partial charge >= 0.3 is 0 Å². The number of nitrogens with zero attached hydrogens (tertiary/aromatic N) is 2. The summed E-state index contributed by atoms with van der Waals surface area (Å²) in [6.07, 6.45) is 0. The van der Waals surface area contributed by atoms with Crippen LogP contribution in [0.4, 0.5) is 0 Å². The Kier molecular flexibility index (Phi) is 5.68. The summed E-state index contributed by atoms with van der Waals surface area (Å²) in [6.45, 7) is 4.16. The number of halogens is 2. The van der Waals surface area contributed by atoms with Gasteiger partial charge in [0.05, 0.1) is 21.6 Å². The van der Waals surface area contributed by atoms with E-state index in [0.717, 1.165) is 0 Å². The van der Waals surface area contributed by atoms with Crippen LogP contribution in [0.5, 0.6) is 0 Å². The van der Waals surface area contributed by atoms with Crippen LogP contribution in [0.3, 0.4) is 0 Å². The Morgan fingerprint density at radius 2 is 1.79 bits per heavy atom. The molecule has 0 aliphatic rings. The van der Waals surface area contributed by atoms with Crippen LogP contribution >= 0.6 is 35.0 Å². The molecule has 0 saturated carbocycles. The van der Waals surface area contributed by atoms with Crippen LogP contribution in [-0.4, -0.2) is 9.55 Å². The van der Waals surface area contributed by atoms with Gasteiger partial charge in [-0.3, -0.25) is 9.36 Å². The number of para-hydroxylation sites is 1. The van der Waals surface area contributed by atoms with Gasteiger partial charge in [-0.15, -0.1) is 0 Å². The van der Waals surface area contributed by atoms with Crippen molar-refractivity contribution in [3.63, 3.8) is 0 Å². The van der Waals surface area contributed by atoms with Gasteiger partial charge in [-0.25, -0.2) is 4.98 Å². The molecule has 0 radical (unpaired) electrons. The Balaban J connectivity index is 1.89. The molecule has 0 atom stereocenters. The van der Waals surface area contributed by atoms with Gasteiger partial charge in [-0.2, -0.15) is 0 Å². The third-order valence-electron chi connectivity index (χ3n) is 4.76. The zero-order valence-electron chi connectivity index (χ0n) is 15.9. The third kappa shape index (κ3) is 4.06. The molecule has 0 fully saturated rings. The second-order valence-corrected chi connectivity index (χ2v) is 8.65. The summed E-state index contributed by atoms with van der Waals surface area (Å²) in [6, 6.07) is 18.8. The number of fused-ring (bicyclic) bond motifs is 1. The first-order chi connectivity index (χ1) is 13.9. The number of rotatable bonds is 4. The molecule has 0 bridgehead atoms. The van der Waals surface area contributed by atoms with Crippen molar-refractivity contribution >= 4 is 45.9 Å². The molecule has 1 heterocycles. The van der Waals surface area contributed by atoms with Crippen LogP contribution in [-0.2, 0) is 5.75 Å². The van der Waals surface area contributed by atoms with Gasteiger partial charge in [0.1, 0.15) is 0 Å². The highest BCUT2D eigenvalue weighted by atomic mass is 35.5. The topological polar surface area (TPSA) is 34.9 Å². The lowest BCUT2D eigenvalue weighted by molar-refractivity contribution is 0.820. The number of benzene rings is 3. The number of thioether (sulfide) groups is 1. The van der Waals surface area contributed by atoms with Gasteiger partial charge in [-0.05, 0) is 55.3 Å². The lowest BCUT2D eigenvalue weighted by atomic mass is 10.1. The highest BCUT2D eigenvalue weighted by molar-refractivity contribution is 7.98. The number of aryl methyl sites for hydroxylation is 2. The predicted molar refractivity (Wildman–Crippen MR) is 123 cm³/mol. The van der Waals surface area contributed by atoms with Crippen molar-refractivity contribution in [2.24, 2.45) is 0 Å². The second-order valence-electron chi connectivity index (χ2n) is 6.87. The highest BCUT2D eigenvalue weighted by Crippen LogP contribution is 2.30. The summed E-state index contributed by atoms with van der Waals surface area (Å²) in [7, 11) is 0. The van der Waals surface area contributed by atoms with E-state index in [1.54, 1.807) is 28.8 Å². The van der Waals surface area contributed by atoms with Crippen LogP contribution in [0.15, 0.2) is 70.6 Å². The zero-order chi connectivity index (χ0) is 20.5. The van der Waals surface area contributed by atoms with Crippen LogP contribution in [0, 0.1) is 13.8 Å². The fraction of sp³-hybridized carbons (Fsp3) is 0.130. The van der Waals surface area contributed by atoms with Gasteiger partial charge < -0.3 is 0 Å². The summed E-state index contributed by atoms with van der Waals surface area (Å²) in [5, 5.41) is 2.08. The molecule has 29 heavy (non-hydrogen) atoms. The van der Waals surface area contributed by atoms with Gasteiger partial charge in [0.2, 0.25) is 0 Å². The van der Waals surface area contributed by atoms with E-state index in [-0.39, 0.29) is 5.56 Å². The minimum atomic E-state index is -0.164. The average Bonchev–Trinajstić information content (AvgIpc) is 2.71. The third-order valence-corrected chi connectivity index (χ3v) is 6.30. The maximum Gasteiger partial charge on any atom is 0.266 e. The molecule has 0 amide bonds. The van der Waals surface area contributed by atoms with Crippen LogP contribution < -0.4 is 5.56 Å². The first-order valence-electron chi connectivity index (χ1n) is 9.10. The SMILES string of the molecule is Cc1ccc(C)c(CSc2nc3ccccc3c(=O)n2-c2cc(Cl)ccc2Cl)c1. The Hall–Kier alpha value is -2.27. The monoisotopic (exact) mass is 440 g/mol. The molecule has 0 saturated heterocycles. The van der Waals surface area contributed by atoms with E-state index in [9.17, 15) is 4.79 Å². The Labute approximate surface area is 183 Å². The van der Waals surface area contributed by atoms with E-state index >= 15 is 0 Å². The molecule has 0 aliphatic carbocycles. The summed E-state index contributed by atoms with van der Waals surface area (Å²) in [4.78, 5) is 18.1. The van der Waals surface area contributed by atoms with Crippen molar-refractivity contribution in [3.05, 3.63) is 97.8 Å². The smallest absolute Gasteiger partial charge is 0.266 e. The number of hydrogen-bond acceptors (Lipinski definition) is 3. The molecule has 0 unspecified atom stereocenters. The summed E-state index contributed by atoms with van der Waals surface area (Å²) < 4.78 is 1.56. The first kappa shape index (κ1) is 20.0. The molecule has 3 aromatic carbocycles. The molecule has 4 aromatic rings. The minimum Gasteiger partial charge on any atom is -0.268 e. The Bertz CT molecular complexity index is 1280. The molecule has 6 heteroatoms. The van der Waals surface area contributed by atoms with Crippen molar-refractivity contribution in [3.8, 4) is 5.69 Å². The van der Waals surface area contributed by atoms with Crippen molar-refractivity contribution in [2.45, 2.75) is 24.8 Å². The fourth-order valence-corrected chi connectivity index (χ4v) is 4.61. The fourth-order valence-electron chi connectivity index (χ4n) is 3.18. The summed E-state index contributed by atoms with van der Waals surface area (Å²) >= 11 is 14.1. The predicted octanol–water partition coefficient (Wildman–Crippen LogP) is 6.60. The van der Waals surface area contributed by atoms with E-state index in [1.807, 2.05) is 18.2 Å². The van der Waals surface area contributed by atoms with Crippen LogP contribution in [0.1, 0.15) is 16.7 Å².